The van der Waals surface area contributed by atoms with E-state index in [0.717, 1.165) is 10.4 Å². The molecule has 0 unspecified atom stereocenters. The van der Waals surface area contributed by atoms with Crippen molar-refractivity contribution in [2.45, 2.75) is 20.3 Å². The number of nitrogens with zero attached hydrogens (tertiary/aromatic N) is 1. The molecule has 0 atom stereocenters. The number of amides is 1. The molecule has 0 radical (unpaired) electrons. The van der Waals surface area contributed by atoms with Crippen LogP contribution in [0.3, 0.4) is 0 Å². The second-order valence-corrected chi connectivity index (χ2v) is 6.14. The summed E-state index contributed by atoms with van der Waals surface area (Å²) >= 11 is 1.24. The maximum absolute atomic E-state index is 12.5. The van der Waals surface area contributed by atoms with E-state index in [1.54, 1.807) is 6.07 Å². The molecule has 0 bridgehead atoms. The molecule has 0 aliphatic carbocycles. The van der Waals surface area contributed by atoms with Gasteiger partial charge in [-0.2, -0.15) is 0 Å². The number of para-hydroxylation sites is 1. The van der Waals surface area contributed by atoms with Crippen molar-refractivity contribution in [2.24, 2.45) is 0 Å². The molecule has 0 spiro atoms. The lowest BCUT2D eigenvalue weighted by molar-refractivity contribution is -0.385. The highest BCUT2D eigenvalue weighted by Crippen LogP contribution is 2.34. The third kappa shape index (κ3) is 3.28. The molecule has 0 saturated carbocycles. The van der Waals surface area contributed by atoms with Gasteiger partial charge in [0.1, 0.15) is 10.6 Å². The number of rotatable bonds is 5. The lowest BCUT2D eigenvalue weighted by Crippen LogP contribution is -2.16. The van der Waals surface area contributed by atoms with Crippen LogP contribution in [0.15, 0.2) is 24.3 Å². The van der Waals surface area contributed by atoms with E-state index in [-0.39, 0.29) is 11.3 Å². The molecule has 7 nitrogen and oxygen atoms in total. The summed E-state index contributed by atoms with van der Waals surface area (Å²) in [7, 11) is 1.27. The largest absolute Gasteiger partial charge is 0.465 e. The van der Waals surface area contributed by atoms with Crippen LogP contribution in [0.4, 0.5) is 10.7 Å². The standard InChI is InChI=1S/C16H16N2O5S/c1-4-10-9(2)24-15(13(10)16(20)23-3)17-14(19)11-7-5-6-8-12(11)18(21)22/h5-8H,4H2,1-3H3,(H,17,19). The quantitative estimate of drug-likeness (QED) is 0.506. The Labute approximate surface area is 142 Å². The molecule has 126 valence electrons. The third-order valence-electron chi connectivity index (χ3n) is 3.52. The zero-order valence-corrected chi connectivity index (χ0v) is 14.2. The van der Waals surface area contributed by atoms with E-state index in [0.29, 0.717) is 17.0 Å². The average Bonchev–Trinajstić information content (AvgIpc) is 2.88. The average molecular weight is 348 g/mol. The Morgan fingerprint density at radius 3 is 2.58 bits per heavy atom. The number of aryl methyl sites for hydroxylation is 1. The summed E-state index contributed by atoms with van der Waals surface area (Å²) < 4.78 is 4.79. The summed E-state index contributed by atoms with van der Waals surface area (Å²) in [5.41, 5.74) is 0.736. The van der Waals surface area contributed by atoms with Crippen LogP contribution < -0.4 is 5.32 Å². The normalized spacial score (nSPS) is 10.3. The predicted octanol–water partition coefficient (Wildman–Crippen LogP) is 3.57. The molecule has 2 rings (SSSR count). The second kappa shape index (κ2) is 7.22. The first-order valence-electron chi connectivity index (χ1n) is 7.16. The van der Waals surface area contributed by atoms with Gasteiger partial charge in [0, 0.05) is 10.9 Å². The Bertz CT molecular complexity index is 813. The molecular formula is C16H16N2O5S. The number of nitro benzene ring substituents is 1. The number of nitro groups is 1. The minimum absolute atomic E-state index is 0.0672. The van der Waals surface area contributed by atoms with Crippen molar-refractivity contribution in [2.75, 3.05) is 12.4 Å². The number of anilines is 1. The van der Waals surface area contributed by atoms with E-state index in [4.69, 9.17) is 4.74 Å². The van der Waals surface area contributed by atoms with Crippen LogP contribution in [0.1, 0.15) is 38.1 Å². The highest BCUT2D eigenvalue weighted by molar-refractivity contribution is 7.16. The number of carbonyl (C=O) groups is 2. The Balaban J connectivity index is 2.44. The van der Waals surface area contributed by atoms with Crippen molar-refractivity contribution in [3.63, 3.8) is 0 Å². The van der Waals surface area contributed by atoms with Crippen molar-refractivity contribution in [1.29, 1.82) is 0 Å². The molecule has 0 saturated heterocycles. The first-order chi connectivity index (χ1) is 11.4. The highest BCUT2D eigenvalue weighted by Gasteiger charge is 2.25. The Hall–Kier alpha value is -2.74. The van der Waals surface area contributed by atoms with Gasteiger partial charge in [0.15, 0.2) is 0 Å². The minimum atomic E-state index is -0.642. The molecular weight excluding hydrogens is 332 g/mol. The number of benzene rings is 1. The first kappa shape index (κ1) is 17.6. The van der Waals surface area contributed by atoms with Gasteiger partial charge in [0.2, 0.25) is 0 Å². The van der Waals surface area contributed by atoms with Crippen molar-refractivity contribution in [3.8, 4) is 0 Å². The van der Waals surface area contributed by atoms with Crippen LogP contribution in [0, 0.1) is 17.0 Å². The maximum Gasteiger partial charge on any atom is 0.341 e. The lowest BCUT2D eigenvalue weighted by atomic mass is 10.1. The summed E-state index contributed by atoms with van der Waals surface area (Å²) in [6.45, 7) is 3.74. The van der Waals surface area contributed by atoms with E-state index in [9.17, 15) is 19.7 Å². The number of ether oxygens (including phenoxy) is 1. The van der Waals surface area contributed by atoms with Crippen molar-refractivity contribution in [1.82, 2.24) is 0 Å². The molecule has 0 fully saturated rings. The molecule has 2 aromatic rings. The van der Waals surface area contributed by atoms with Crippen LogP contribution in [0.5, 0.6) is 0 Å². The molecule has 1 aromatic heterocycles. The van der Waals surface area contributed by atoms with Gasteiger partial charge in [-0.3, -0.25) is 14.9 Å². The molecule has 24 heavy (non-hydrogen) atoms. The van der Waals surface area contributed by atoms with Crippen LogP contribution in [0.2, 0.25) is 0 Å². The smallest absolute Gasteiger partial charge is 0.341 e. The van der Waals surface area contributed by atoms with Gasteiger partial charge < -0.3 is 10.1 Å². The predicted molar refractivity (Wildman–Crippen MR) is 90.8 cm³/mol. The highest BCUT2D eigenvalue weighted by atomic mass is 32.1. The Morgan fingerprint density at radius 2 is 2.00 bits per heavy atom. The number of hydrogen-bond acceptors (Lipinski definition) is 6. The molecule has 1 N–H and O–H groups in total. The molecule has 1 amide bonds. The first-order valence-corrected chi connectivity index (χ1v) is 7.97. The zero-order valence-electron chi connectivity index (χ0n) is 13.4. The number of carbonyl (C=O) groups excluding carboxylic acids is 2. The van der Waals surface area contributed by atoms with E-state index in [1.165, 1.54) is 36.6 Å². The summed E-state index contributed by atoms with van der Waals surface area (Å²) in [6, 6.07) is 5.65. The van der Waals surface area contributed by atoms with E-state index >= 15 is 0 Å². The van der Waals surface area contributed by atoms with E-state index < -0.39 is 16.8 Å². The SMILES string of the molecule is CCc1c(C)sc(NC(=O)c2ccccc2[N+](=O)[O-])c1C(=O)OC. The molecule has 0 aliphatic rings. The monoisotopic (exact) mass is 348 g/mol. The summed E-state index contributed by atoms with van der Waals surface area (Å²) in [5.74, 6) is -1.19. The number of methoxy groups -OCH3 is 1. The van der Waals surface area contributed by atoms with E-state index in [2.05, 4.69) is 5.32 Å². The fraction of sp³-hybridized carbons (Fsp3) is 0.250. The summed E-state index contributed by atoms with van der Waals surface area (Å²) in [4.78, 5) is 35.8. The minimum Gasteiger partial charge on any atom is -0.465 e. The van der Waals surface area contributed by atoms with Gasteiger partial charge in [-0.15, -0.1) is 11.3 Å². The van der Waals surface area contributed by atoms with Gasteiger partial charge in [-0.05, 0) is 25.0 Å². The fourth-order valence-corrected chi connectivity index (χ4v) is 3.53. The Kier molecular flexibility index (Phi) is 5.30. The fourth-order valence-electron chi connectivity index (χ4n) is 2.41. The summed E-state index contributed by atoms with van der Waals surface area (Å²) in [6.07, 6.45) is 0.605. The Morgan fingerprint density at radius 1 is 1.33 bits per heavy atom. The van der Waals surface area contributed by atoms with Gasteiger partial charge in [0.05, 0.1) is 17.6 Å². The molecule has 1 aromatic carbocycles. The summed E-state index contributed by atoms with van der Waals surface area (Å²) in [5, 5.41) is 14.0. The third-order valence-corrected chi connectivity index (χ3v) is 4.59. The number of hydrogen-bond donors (Lipinski definition) is 1. The maximum atomic E-state index is 12.5. The second-order valence-electron chi connectivity index (χ2n) is 4.91. The van der Waals surface area contributed by atoms with Crippen molar-refractivity contribution in [3.05, 3.63) is 55.9 Å². The number of nitrogens with one attached hydrogen (secondary N) is 1. The van der Waals surface area contributed by atoms with Gasteiger partial charge in [-0.1, -0.05) is 19.1 Å². The van der Waals surface area contributed by atoms with E-state index in [1.807, 2.05) is 13.8 Å². The zero-order chi connectivity index (χ0) is 17.9. The van der Waals surface area contributed by atoms with Crippen LogP contribution in [-0.4, -0.2) is 23.9 Å². The van der Waals surface area contributed by atoms with Gasteiger partial charge >= 0.3 is 5.97 Å². The topological polar surface area (TPSA) is 98.5 Å². The van der Waals surface area contributed by atoms with Crippen LogP contribution in [-0.2, 0) is 11.2 Å². The lowest BCUT2D eigenvalue weighted by Gasteiger charge is -2.07. The van der Waals surface area contributed by atoms with Crippen molar-refractivity contribution >= 4 is 33.9 Å². The van der Waals surface area contributed by atoms with Gasteiger partial charge in [0.25, 0.3) is 11.6 Å². The number of thiophene rings is 1. The van der Waals surface area contributed by atoms with Crippen LogP contribution >= 0.6 is 11.3 Å². The van der Waals surface area contributed by atoms with Crippen LogP contribution in [0.25, 0.3) is 0 Å². The number of esters is 1. The van der Waals surface area contributed by atoms with Crippen molar-refractivity contribution < 1.29 is 19.2 Å². The molecule has 8 heteroatoms. The molecule has 1 heterocycles. The van der Waals surface area contributed by atoms with Gasteiger partial charge in [-0.25, -0.2) is 4.79 Å². The molecule has 0 aliphatic heterocycles.